The molecule has 2 heteroatoms. The van der Waals surface area contributed by atoms with E-state index in [2.05, 4.69) is 5.32 Å². The number of piperidine rings is 1. The number of rotatable bonds is 1. The monoisotopic (exact) mass is 187 g/mol. The van der Waals surface area contributed by atoms with Gasteiger partial charge in [0.1, 0.15) is 0 Å². The summed E-state index contributed by atoms with van der Waals surface area (Å²) >= 11 is 0. The second-order valence-corrected chi connectivity index (χ2v) is 3.44. The number of hydrogen-bond acceptors (Lipinski definition) is 1. The number of nitrogens with one attached hydrogen (secondary N) is 1. The second-order valence-electron chi connectivity index (χ2n) is 3.44. The second kappa shape index (κ2) is 4.09. The Balaban J connectivity index is 2.21. The average molecular weight is 187 g/mol. The zero-order valence-electron chi connectivity index (χ0n) is 7.99. The van der Waals surface area contributed by atoms with Crippen LogP contribution in [0.2, 0.25) is 0 Å². The summed E-state index contributed by atoms with van der Waals surface area (Å²) in [6.45, 7) is 0.810. The topological polar surface area (TPSA) is 29.1 Å². The summed E-state index contributed by atoms with van der Waals surface area (Å²) in [6.07, 6.45) is 3.90. The summed E-state index contributed by atoms with van der Waals surface area (Å²) < 4.78 is 0. The molecule has 0 aromatic heterocycles. The van der Waals surface area contributed by atoms with Gasteiger partial charge in [-0.1, -0.05) is 30.3 Å². The largest absolute Gasteiger partial charge is 0.352 e. The molecule has 1 N–H and O–H groups in total. The molecule has 1 amide bonds. The van der Waals surface area contributed by atoms with Gasteiger partial charge in [-0.15, -0.1) is 0 Å². The van der Waals surface area contributed by atoms with Crippen molar-refractivity contribution in [2.24, 2.45) is 0 Å². The molecule has 0 aliphatic carbocycles. The lowest BCUT2D eigenvalue weighted by Crippen LogP contribution is -2.30. The fourth-order valence-corrected chi connectivity index (χ4v) is 1.60. The van der Waals surface area contributed by atoms with Gasteiger partial charge in [-0.05, 0) is 24.5 Å². The highest BCUT2D eigenvalue weighted by Gasteiger charge is 2.13. The molecule has 0 saturated carbocycles. The quantitative estimate of drug-likeness (QED) is 0.669. The molecule has 0 atom stereocenters. The molecular formula is C12H13NO. The third-order valence-electron chi connectivity index (χ3n) is 2.34. The lowest BCUT2D eigenvalue weighted by atomic mass is 10.0. The Hall–Kier alpha value is -1.57. The van der Waals surface area contributed by atoms with Crippen molar-refractivity contribution in [1.29, 1.82) is 0 Å². The molecule has 0 bridgehead atoms. The standard InChI is InChI=1S/C12H13NO/c14-12-11(7-4-8-13-12)9-10-5-2-1-3-6-10/h1-3,5-6,9H,4,7-8H2,(H,13,14)/b11-9+. The molecule has 0 radical (unpaired) electrons. The number of benzene rings is 1. The predicted molar refractivity (Wildman–Crippen MR) is 56.7 cm³/mol. The van der Waals surface area contributed by atoms with Gasteiger partial charge in [-0.2, -0.15) is 0 Å². The molecule has 0 spiro atoms. The van der Waals surface area contributed by atoms with E-state index in [-0.39, 0.29) is 5.91 Å². The molecule has 14 heavy (non-hydrogen) atoms. The van der Waals surface area contributed by atoms with Crippen LogP contribution in [-0.2, 0) is 4.79 Å². The van der Waals surface area contributed by atoms with Gasteiger partial charge in [0.2, 0.25) is 5.91 Å². The zero-order valence-corrected chi connectivity index (χ0v) is 7.99. The maximum atomic E-state index is 11.4. The third kappa shape index (κ3) is 2.02. The Morgan fingerprint density at radius 3 is 2.71 bits per heavy atom. The van der Waals surface area contributed by atoms with E-state index in [4.69, 9.17) is 0 Å². The van der Waals surface area contributed by atoms with Crippen LogP contribution in [0.4, 0.5) is 0 Å². The van der Waals surface area contributed by atoms with Crippen molar-refractivity contribution in [2.45, 2.75) is 12.8 Å². The average Bonchev–Trinajstić information content (AvgIpc) is 2.23. The molecule has 1 aliphatic rings. The van der Waals surface area contributed by atoms with Gasteiger partial charge in [-0.25, -0.2) is 0 Å². The van der Waals surface area contributed by atoms with E-state index < -0.39 is 0 Å². The summed E-state index contributed by atoms with van der Waals surface area (Å²) in [7, 11) is 0. The Kier molecular flexibility index (Phi) is 2.63. The number of carbonyl (C=O) groups is 1. The van der Waals surface area contributed by atoms with Crippen LogP contribution >= 0.6 is 0 Å². The van der Waals surface area contributed by atoms with E-state index in [9.17, 15) is 4.79 Å². The van der Waals surface area contributed by atoms with Crippen LogP contribution in [0.15, 0.2) is 35.9 Å². The Labute approximate surface area is 83.6 Å². The number of hydrogen-bond donors (Lipinski definition) is 1. The van der Waals surface area contributed by atoms with Gasteiger partial charge in [0.15, 0.2) is 0 Å². The van der Waals surface area contributed by atoms with Crippen LogP contribution in [0, 0.1) is 0 Å². The summed E-state index contributed by atoms with van der Waals surface area (Å²) in [4.78, 5) is 11.4. The summed E-state index contributed by atoms with van der Waals surface area (Å²) in [5.74, 6) is 0.0834. The van der Waals surface area contributed by atoms with E-state index in [1.165, 1.54) is 0 Å². The van der Waals surface area contributed by atoms with Crippen LogP contribution in [0.25, 0.3) is 6.08 Å². The van der Waals surface area contributed by atoms with Gasteiger partial charge < -0.3 is 5.32 Å². The third-order valence-corrected chi connectivity index (χ3v) is 2.34. The van der Waals surface area contributed by atoms with Crippen molar-refractivity contribution < 1.29 is 4.79 Å². The first-order valence-electron chi connectivity index (χ1n) is 4.90. The highest BCUT2D eigenvalue weighted by molar-refractivity contribution is 5.98. The molecule has 1 saturated heterocycles. The fraction of sp³-hybridized carbons (Fsp3) is 0.250. The van der Waals surface area contributed by atoms with Crippen LogP contribution in [-0.4, -0.2) is 12.5 Å². The van der Waals surface area contributed by atoms with Crippen molar-refractivity contribution in [3.63, 3.8) is 0 Å². The maximum absolute atomic E-state index is 11.4. The molecule has 1 heterocycles. The molecule has 2 rings (SSSR count). The minimum absolute atomic E-state index is 0.0834. The van der Waals surface area contributed by atoms with E-state index in [1.54, 1.807) is 0 Å². The first-order valence-corrected chi connectivity index (χ1v) is 4.90. The van der Waals surface area contributed by atoms with Gasteiger partial charge in [0, 0.05) is 12.1 Å². The molecule has 2 nitrogen and oxygen atoms in total. The first kappa shape index (κ1) is 9.00. The van der Waals surface area contributed by atoms with E-state index in [1.807, 2.05) is 36.4 Å². The molecule has 1 aromatic rings. The lowest BCUT2D eigenvalue weighted by molar-refractivity contribution is -0.118. The zero-order chi connectivity index (χ0) is 9.80. The molecule has 72 valence electrons. The molecule has 1 aliphatic heterocycles. The minimum Gasteiger partial charge on any atom is -0.352 e. The van der Waals surface area contributed by atoms with Crippen molar-refractivity contribution in [2.75, 3.05) is 6.54 Å². The predicted octanol–water partition coefficient (Wildman–Crippen LogP) is 1.98. The molecule has 0 unspecified atom stereocenters. The number of carbonyl (C=O) groups excluding carboxylic acids is 1. The Bertz CT molecular complexity index is 354. The molecular weight excluding hydrogens is 174 g/mol. The van der Waals surface area contributed by atoms with Crippen molar-refractivity contribution in [3.05, 3.63) is 41.5 Å². The van der Waals surface area contributed by atoms with E-state index >= 15 is 0 Å². The van der Waals surface area contributed by atoms with Gasteiger partial charge >= 0.3 is 0 Å². The maximum Gasteiger partial charge on any atom is 0.247 e. The van der Waals surface area contributed by atoms with Crippen LogP contribution in [0.1, 0.15) is 18.4 Å². The highest BCUT2D eigenvalue weighted by atomic mass is 16.1. The normalized spacial score (nSPS) is 19.4. The Morgan fingerprint density at radius 1 is 1.21 bits per heavy atom. The fourth-order valence-electron chi connectivity index (χ4n) is 1.60. The molecule has 1 aromatic carbocycles. The van der Waals surface area contributed by atoms with Crippen LogP contribution < -0.4 is 5.32 Å². The lowest BCUT2D eigenvalue weighted by Gasteiger charge is -2.14. The SMILES string of the molecule is O=C1NCCC/C1=C\c1ccccc1. The van der Waals surface area contributed by atoms with Gasteiger partial charge in [0.05, 0.1) is 0 Å². The first-order chi connectivity index (χ1) is 6.86. The van der Waals surface area contributed by atoms with Crippen LogP contribution in [0.5, 0.6) is 0 Å². The van der Waals surface area contributed by atoms with Gasteiger partial charge in [0.25, 0.3) is 0 Å². The van der Waals surface area contributed by atoms with E-state index in [0.29, 0.717) is 0 Å². The molecule has 1 fully saturated rings. The Morgan fingerprint density at radius 2 is 2.00 bits per heavy atom. The summed E-state index contributed by atoms with van der Waals surface area (Å²) in [5.41, 5.74) is 1.99. The van der Waals surface area contributed by atoms with Crippen molar-refractivity contribution >= 4 is 12.0 Å². The minimum atomic E-state index is 0.0834. The summed E-state index contributed by atoms with van der Waals surface area (Å²) in [5, 5.41) is 2.85. The smallest absolute Gasteiger partial charge is 0.247 e. The highest BCUT2D eigenvalue weighted by Crippen LogP contribution is 2.14. The van der Waals surface area contributed by atoms with Crippen LogP contribution in [0.3, 0.4) is 0 Å². The van der Waals surface area contributed by atoms with Gasteiger partial charge in [-0.3, -0.25) is 4.79 Å². The number of amides is 1. The summed E-state index contributed by atoms with van der Waals surface area (Å²) in [6, 6.07) is 9.95. The van der Waals surface area contributed by atoms with Crippen molar-refractivity contribution in [1.82, 2.24) is 5.32 Å². The van der Waals surface area contributed by atoms with Crippen molar-refractivity contribution in [3.8, 4) is 0 Å². The van der Waals surface area contributed by atoms with E-state index in [0.717, 1.165) is 30.5 Å².